The smallest absolute Gasteiger partial charge is 0.223 e. The van der Waals surface area contributed by atoms with Crippen molar-refractivity contribution < 1.29 is 13.6 Å². The number of carbonyl (C=O) groups excluding carboxylic acids is 1. The lowest BCUT2D eigenvalue weighted by Crippen LogP contribution is -2.15. The number of benzene rings is 1. The van der Waals surface area contributed by atoms with Crippen molar-refractivity contribution in [2.45, 2.75) is 6.42 Å². The molecular formula is C13H10F2N2O. The standard InChI is InChI=1S/C13H10F2N2O/c14-10-4-3-8(6-11(10)15)9-2-1-5-17-12(9)7-13(16)18/h1-6H,7H2,(H2,16,18). The normalized spacial score (nSPS) is 10.3. The van der Waals surface area contributed by atoms with E-state index in [-0.39, 0.29) is 6.42 Å². The Bertz CT molecular complexity index is 599. The Kier molecular flexibility index (Phi) is 3.32. The molecule has 1 aromatic heterocycles. The average molecular weight is 248 g/mol. The van der Waals surface area contributed by atoms with Crippen LogP contribution in [0.4, 0.5) is 8.78 Å². The van der Waals surface area contributed by atoms with Gasteiger partial charge in [-0.05, 0) is 23.8 Å². The van der Waals surface area contributed by atoms with Crippen LogP contribution in [-0.2, 0) is 11.2 Å². The van der Waals surface area contributed by atoms with Crippen molar-refractivity contribution in [3.8, 4) is 11.1 Å². The van der Waals surface area contributed by atoms with Gasteiger partial charge in [-0.1, -0.05) is 12.1 Å². The van der Waals surface area contributed by atoms with E-state index in [0.29, 0.717) is 16.8 Å². The summed E-state index contributed by atoms with van der Waals surface area (Å²) in [6.07, 6.45) is 1.47. The van der Waals surface area contributed by atoms with Gasteiger partial charge in [0.1, 0.15) is 0 Å². The molecule has 0 aliphatic rings. The summed E-state index contributed by atoms with van der Waals surface area (Å²) in [6, 6.07) is 6.86. The van der Waals surface area contributed by atoms with E-state index in [1.165, 1.54) is 12.3 Å². The number of nitrogens with zero attached hydrogens (tertiary/aromatic N) is 1. The van der Waals surface area contributed by atoms with Gasteiger partial charge >= 0.3 is 0 Å². The van der Waals surface area contributed by atoms with Gasteiger partial charge in [0.2, 0.25) is 5.91 Å². The minimum absolute atomic E-state index is 0.0465. The zero-order valence-corrected chi connectivity index (χ0v) is 9.36. The number of pyridine rings is 1. The van der Waals surface area contributed by atoms with E-state index in [1.54, 1.807) is 12.1 Å². The fourth-order valence-corrected chi connectivity index (χ4v) is 1.67. The highest BCUT2D eigenvalue weighted by molar-refractivity contribution is 5.79. The number of hydrogen-bond acceptors (Lipinski definition) is 2. The van der Waals surface area contributed by atoms with E-state index in [4.69, 9.17) is 5.73 Å². The fourth-order valence-electron chi connectivity index (χ4n) is 1.67. The van der Waals surface area contributed by atoms with Gasteiger partial charge < -0.3 is 5.73 Å². The first-order chi connectivity index (χ1) is 8.58. The predicted octanol–water partition coefficient (Wildman–Crippen LogP) is 2.05. The van der Waals surface area contributed by atoms with Gasteiger partial charge in [0.15, 0.2) is 11.6 Å². The topological polar surface area (TPSA) is 56.0 Å². The number of carbonyl (C=O) groups is 1. The molecule has 0 unspecified atom stereocenters. The Hall–Kier alpha value is -2.30. The monoisotopic (exact) mass is 248 g/mol. The first-order valence-electron chi connectivity index (χ1n) is 5.25. The molecule has 0 atom stereocenters. The van der Waals surface area contributed by atoms with Gasteiger partial charge in [0.05, 0.1) is 12.1 Å². The van der Waals surface area contributed by atoms with Crippen LogP contribution in [0.3, 0.4) is 0 Å². The zero-order chi connectivity index (χ0) is 13.1. The molecule has 2 aromatic rings. The molecule has 1 heterocycles. The lowest BCUT2D eigenvalue weighted by Gasteiger charge is -2.07. The highest BCUT2D eigenvalue weighted by Gasteiger charge is 2.10. The molecule has 3 nitrogen and oxygen atoms in total. The number of nitrogens with two attached hydrogens (primary N) is 1. The van der Waals surface area contributed by atoms with Crippen LogP contribution < -0.4 is 5.73 Å². The Morgan fingerprint density at radius 2 is 2.00 bits per heavy atom. The number of halogens is 2. The number of primary amides is 1. The summed E-state index contributed by atoms with van der Waals surface area (Å²) in [6.45, 7) is 0. The molecule has 1 aromatic carbocycles. The lowest BCUT2D eigenvalue weighted by atomic mass is 10.0. The van der Waals surface area contributed by atoms with Crippen molar-refractivity contribution in [3.63, 3.8) is 0 Å². The highest BCUT2D eigenvalue weighted by Crippen LogP contribution is 2.24. The molecule has 0 spiro atoms. The van der Waals surface area contributed by atoms with Crippen LogP contribution in [0.5, 0.6) is 0 Å². The maximum Gasteiger partial charge on any atom is 0.223 e. The first-order valence-corrected chi connectivity index (χ1v) is 5.25. The Morgan fingerprint density at radius 1 is 1.22 bits per heavy atom. The van der Waals surface area contributed by atoms with Crippen molar-refractivity contribution in [2.24, 2.45) is 5.73 Å². The largest absolute Gasteiger partial charge is 0.369 e. The van der Waals surface area contributed by atoms with Crippen molar-refractivity contribution in [1.82, 2.24) is 4.98 Å². The van der Waals surface area contributed by atoms with E-state index in [9.17, 15) is 13.6 Å². The summed E-state index contributed by atoms with van der Waals surface area (Å²) in [4.78, 5) is 15.0. The third-order valence-electron chi connectivity index (χ3n) is 2.46. The van der Waals surface area contributed by atoms with Gasteiger partial charge in [0.25, 0.3) is 0 Å². The van der Waals surface area contributed by atoms with Crippen LogP contribution in [0.25, 0.3) is 11.1 Å². The molecule has 0 saturated heterocycles. The number of amides is 1. The van der Waals surface area contributed by atoms with Crippen molar-refractivity contribution in [3.05, 3.63) is 53.9 Å². The van der Waals surface area contributed by atoms with Crippen LogP contribution in [0, 0.1) is 11.6 Å². The maximum atomic E-state index is 13.2. The van der Waals surface area contributed by atoms with Gasteiger partial charge in [0, 0.05) is 11.8 Å². The van der Waals surface area contributed by atoms with Gasteiger partial charge in [-0.15, -0.1) is 0 Å². The van der Waals surface area contributed by atoms with E-state index >= 15 is 0 Å². The molecule has 0 bridgehead atoms. The number of hydrogen-bond donors (Lipinski definition) is 1. The van der Waals surface area contributed by atoms with E-state index in [1.807, 2.05) is 0 Å². The Morgan fingerprint density at radius 3 is 2.67 bits per heavy atom. The van der Waals surface area contributed by atoms with Crippen molar-refractivity contribution in [1.29, 1.82) is 0 Å². The fraction of sp³-hybridized carbons (Fsp3) is 0.0769. The number of rotatable bonds is 3. The molecule has 2 N–H and O–H groups in total. The molecule has 0 aliphatic carbocycles. The molecule has 0 saturated carbocycles. The first kappa shape index (κ1) is 12.2. The summed E-state index contributed by atoms with van der Waals surface area (Å²) in [7, 11) is 0. The predicted molar refractivity (Wildman–Crippen MR) is 62.5 cm³/mol. The highest BCUT2D eigenvalue weighted by atomic mass is 19.2. The SMILES string of the molecule is NC(=O)Cc1ncccc1-c1ccc(F)c(F)c1. The summed E-state index contributed by atoms with van der Waals surface area (Å²) in [5.74, 6) is -2.39. The second-order valence-corrected chi connectivity index (χ2v) is 3.77. The number of aromatic nitrogens is 1. The van der Waals surface area contributed by atoms with Crippen LogP contribution in [0.1, 0.15) is 5.69 Å². The van der Waals surface area contributed by atoms with E-state index in [0.717, 1.165) is 12.1 Å². The van der Waals surface area contributed by atoms with Crippen LogP contribution in [-0.4, -0.2) is 10.9 Å². The second kappa shape index (κ2) is 4.91. The molecule has 1 amide bonds. The Labute approximate surface area is 102 Å². The molecular weight excluding hydrogens is 238 g/mol. The molecule has 0 fully saturated rings. The molecule has 0 aliphatic heterocycles. The van der Waals surface area contributed by atoms with Crippen LogP contribution >= 0.6 is 0 Å². The maximum absolute atomic E-state index is 13.2. The minimum atomic E-state index is -0.943. The van der Waals surface area contributed by atoms with Gasteiger partial charge in [-0.25, -0.2) is 8.78 Å². The quantitative estimate of drug-likeness (QED) is 0.903. The van der Waals surface area contributed by atoms with E-state index in [2.05, 4.69) is 4.98 Å². The van der Waals surface area contributed by atoms with Crippen molar-refractivity contribution >= 4 is 5.91 Å². The second-order valence-electron chi connectivity index (χ2n) is 3.77. The summed E-state index contributed by atoms with van der Waals surface area (Å²) >= 11 is 0. The van der Waals surface area contributed by atoms with Gasteiger partial charge in [-0.3, -0.25) is 9.78 Å². The molecule has 0 radical (unpaired) electrons. The third kappa shape index (κ3) is 2.51. The Balaban J connectivity index is 2.49. The van der Waals surface area contributed by atoms with E-state index < -0.39 is 17.5 Å². The average Bonchev–Trinajstić information content (AvgIpc) is 2.33. The zero-order valence-electron chi connectivity index (χ0n) is 9.36. The lowest BCUT2D eigenvalue weighted by molar-refractivity contribution is -0.117. The minimum Gasteiger partial charge on any atom is -0.369 e. The van der Waals surface area contributed by atoms with Crippen LogP contribution in [0.2, 0.25) is 0 Å². The van der Waals surface area contributed by atoms with Crippen molar-refractivity contribution in [2.75, 3.05) is 0 Å². The summed E-state index contributed by atoms with van der Waals surface area (Å²) < 4.78 is 26.0. The molecule has 5 heteroatoms. The van der Waals surface area contributed by atoms with Crippen LogP contribution in [0.15, 0.2) is 36.5 Å². The summed E-state index contributed by atoms with van der Waals surface area (Å²) in [5, 5.41) is 0. The summed E-state index contributed by atoms with van der Waals surface area (Å²) in [5.41, 5.74) is 6.57. The molecule has 18 heavy (non-hydrogen) atoms. The molecule has 92 valence electrons. The van der Waals surface area contributed by atoms with Gasteiger partial charge in [-0.2, -0.15) is 0 Å². The molecule has 2 rings (SSSR count). The third-order valence-corrected chi connectivity index (χ3v) is 2.46.